The van der Waals surface area contributed by atoms with Crippen molar-refractivity contribution in [3.63, 3.8) is 0 Å². The Balaban J connectivity index is 1.50. The van der Waals surface area contributed by atoms with Crippen molar-refractivity contribution >= 4 is 17.7 Å². The van der Waals surface area contributed by atoms with E-state index in [1.807, 2.05) is 12.1 Å². The normalized spacial score (nSPS) is 25.4. The summed E-state index contributed by atoms with van der Waals surface area (Å²) in [5.41, 5.74) is 0.746. The molecule has 2 bridgehead atoms. The van der Waals surface area contributed by atoms with Gasteiger partial charge in [0.1, 0.15) is 5.03 Å². The first kappa shape index (κ1) is 17.8. The van der Waals surface area contributed by atoms with Gasteiger partial charge in [0, 0.05) is 12.7 Å². The van der Waals surface area contributed by atoms with Crippen LogP contribution in [0, 0.1) is 23.7 Å². The molecule has 3 unspecified atom stereocenters. The molecular formula is C20H30N2OS. The van der Waals surface area contributed by atoms with E-state index in [0.29, 0.717) is 5.92 Å². The van der Waals surface area contributed by atoms with E-state index in [0.717, 1.165) is 40.6 Å². The number of hydrogen-bond donors (Lipinski definition) is 1. The average Bonchev–Trinajstić information content (AvgIpc) is 3.19. The van der Waals surface area contributed by atoms with Gasteiger partial charge in [-0.2, -0.15) is 0 Å². The summed E-state index contributed by atoms with van der Waals surface area (Å²) in [6.45, 7) is 5.34. The van der Waals surface area contributed by atoms with Crippen LogP contribution in [0.15, 0.2) is 23.4 Å². The van der Waals surface area contributed by atoms with Gasteiger partial charge < -0.3 is 5.32 Å². The maximum atomic E-state index is 12.6. The van der Waals surface area contributed by atoms with Crippen molar-refractivity contribution in [1.29, 1.82) is 0 Å². The quantitative estimate of drug-likeness (QED) is 0.544. The van der Waals surface area contributed by atoms with Crippen LogP contribution in [0.3, 0.4) is 0 Å². The summed E-state index contributed by atoms with van der Waals surface area (Å²) in [7, 11) is 0. The van der Waals surface area contributed by atoms with E-state index in [4.69, 9.17) is 0 Å². The van der Waals surface area contributed by atoms with Gasteiger partial charge in [-0.05, 0) is 67.2 Å². The topological polar surface area (TPSA) is 42.0 Å². The zero-order valence-corrected chi connectivity index (χ0v) is 15.8. The summed E-state index contributed by atoms with van der Waals surface area (Å²) < 4.78 is 0. The number of carbonyl (C=O) groups is 1. The predicted molar refractivity (Wildman–Crippen MR) is 100 cm³/mol. The first-order valence-corrected chi connectivity index (χ1v) is 10.5. The van der Waals surface area contributed by atoms with Gasteiger partial charge in [-0.15, -0.1) is 11.8 Å². The number of carbonyl (C=O) groups excluding carboxylic acids is 1. The molecule has 1 aromatic rings. The summed E-state index contributed by atoms with van der Waals surface area (Å²) in [6.07, 6.45) is 9.68. The van der Waals surface area contributed by atoms with Crippen molar-refractivity contribution < 1.29 is 4.79 Å². The molecule has 1 aromatic heterocycles. The zero-order valence-electron chi connectivity index (χ0n) is 15.0. The molecule has 0 aromatic carbocycles. The second-order valence-corrected chi connectivity index (χ2v) is 8.97. The monoisotopic (exact) mass is 346 g/mol. The van der Waals surface area contributed by atoms with Gasteiger partial charge in [0.05, 0.1) is 5.56 Å². The first-order valence-electron chi connectivity index (χ1n) is 9.49. The number of hydrogen-bond acceptors (Lipinski definition) is 3. The highest BCUT2D eigenvalue weighted by Gasteiger charge is 2.39. The van der Waals surface area contributed by atoms with E-state index >= 15 is 0 Å². The van der Waals surface area contributed by atoms with Crippen molar-refractivity contribution in [3.8, 4) is 0 Å². The number of fused-ring (bicyclic) bond motifs is 2. The lowest BCUT2D eigenvalue weighted by atomic mass is 9.89. The van der Waals surface area contributed by atoms with Gasteiger partial charge in [-0.3, -0.25) is 4.79 Å². The molecule has 0 saturated heterocycles. The van der Waals surface area contributed by atoms with E-state index in [2.05, 4.69) is 24.1 Å². The smallest absolute Gasteiger partial charge is 0.254 e. The largest absolute Gasteiger partial charge is 0.352 e. The van der Waals surface area contributed by atoms with Crippen LogP contribution in [0.5, 0.6) is 0 Å². The molecule has 2 saturated carbocycles. The van der Waals surface area contributed by atoms with Gasteiger partial charge in [-0.1, -0.05) is 26.7 Å². The molecule has 0 aliphatic heterocycles. The molecule has 3 rings (SSSR count). The Morgan fingerprint density at radius 1 is 1.38 bits per heavy atom. The van der Waals surface area contributed by atoms with E-state index in [9.17, 15) is 4.79 Å². The number of nitrogens with one attached hydrogen (secondary N) is 1. The Labute approximate surface area is 150 Å². The number of amides is 1. The van der Waals surface area contributed by atoms with Crippen molar-refractivity contribution in [3.05, 3.63) is 23.9 Å². The zero-order chi connectivity index (χ0) is 16.9. The second-order valence-electron chi connectivity index (χ2n) is 7.89. The molecule has 2 fully saturated rings. The van der Waals surface area contributed by atoms with Crippen molar-refractivity contribution in [1.82, 2.24) is 10.3 Å². The maximum absolute atomic E-state index is 12.6. The minimum absolute atomic E-state index is 0.0530. The van der Waals surface area contributed by atoms with Crippen molar-refractivity contribution in [2.75, 3.05) is 12.3 Å². The van der Waals surface area contributed by atoms with Gasteiger partial charge in [0.15, 0.2) is 0 Å². The van der Waals surface area contributed by atoms with Crippen LogP contribution in [-0.2, 0) is 0 Å². The van der Waals surface area contributed by atoms with E-state index in [1.54, 1.807) is 18.0 Å². The van der Waals surface area contributed by atoms with Crippen LogP contribution in [0.2, 0.25) is 0 Å². The van der Waals surface area contributed by atoms with E-state index in [-0.39, 0.29) is 5.91 Å². The Bertz CT molecular complexity index is 560. The molecular weight excluding hydrogens is 316 g/mol. The summed E-state index contributed by atoms with van der Waals surface area (Å²) >= 11 is 1.72. The van der Waals surface area contributed by atoms with Crippen LogP contribution < -0.4 is 5.32 Å². The lowest BCUT2D eigenvalue weighted by molar-refractivity contribution is 0.0938. The maximum Gasteiger partial charge on any atom is 0.254 e. The van der Waals surface area contributed by atoms with Gasteiger partial charge >= 0.3 is 0 Å². The third-order valence-corrected chi connectivity index (χ3v) is 6.68. The Morgan fingerprint density at radius 2 is 2.25 bits per heavy atom. The highest BCUT2D eigenvalue weighted by molar-refractivity contribution is 7.99. The highest BCUT2D eigenvalue weighted by atomic mass is 32.2. The first-order chi connectivity index (χ1) is 11.6. The number of pyridine rings is 1. The molecule has 1 N–H and O–H groups in total. The summed E-state index contributed by atoms with van der Waals surface area (Å²) in [5.74, 6) is 4.31. The van der Waals surface area contributed by atoms with Crippen molar-refractivity contribution in [2.24, 2.45) is 23.7 Å². The third kappa shape index (κ3) is 4.53. The SMILES string of the molecule is CC(C)CCCSc1ncccc1C(=O)NCC1CC2CCC1C2. The minimum atomic E-state index is 0.0530. The lowest BCUT2D eigenvalue weighted by Gasteiger charge is -2.22. The van der Waals surface area contributed by atoms with Gasteiger partial charge in [-0.25, -0.2) is 4.98 Å². The van der Waals surface area contributed by atoms with Gasteiger partial charge in [0.2, 0.25) is 0 Å². The summed E-state index contributed by atoms with van der Waals surface area (Å²) in [5, 5.41) is 4.06. The molecule has 1 heterocycles. The molecule has 3 atom stereocenters. The number of aromatic nitrogens is 1. The van der Waals surface area contributed by atoms with E-state index in [1.165, 1.54) is 38.5 Å². The van der Waals surface area contributed by atoms with E-state index < -0.39 is 0 Å². The number of nitrogens with zero attached hydrogens (tertiary/aromatic N) is 1. The summed E-state index contributed by atoms with van der Waals surface area (Å²) in [4.78, 5) is 17.0. The second kappa shape index (κ2) is 8.37. The molecule has 0 spiro atoms. The highest BCUT2D eigenvalue weighted by Crippen LogP contribution is 2.47. The average molecular weight is 347 g/mol. The Morgan fingerprint density at radius 3 is 2.96 bits per heavy atom. The Kier molecular flexibility index (Phi) is 6.20. The lowest BCUT2D eigenvalue weighted by Crippen LogP contribution is -2.32. The standard InChI is InChI=1S/C20H30N2OS/c1-14(2)5-4-10-24-20-18(6-3-9-21-20)19(23)22-13-17-12-15-7-8-16(17)11-15/h3,6,9,14-17H,4-5,7-8,10-13H2,1-2H3,(H,22,23). The molecule has 2 aliphatic carbocycles. The predicted octanol–water partition coefficient (Wildman–Crippen LogP) is 4.78. The fraction of sp³-hybridized carbons (Fsp3) is 0.700. The molecule has 3 nitrogen and oxygen atoms in total. The molecule has 132 valence electrons. The fourth-order valence-corrected chi connectivity index (χ4v) is 5.24. The minimum Gasteiger partial charge on any atom is -0.352 e. The van der Waals surface area contributed by atoms with Gasteiger partial charge in [0.25, 0.3) is 5.91 Å². The summed E-state index contributed by atoms with van der Waals surface area (Å²) in [6, 6.07) is 3.78. The van der Waals surface area contributed by atoms with Crippen LogP contribution in [0.1, 0.15) is 62.7 Å². The molecule has 2 aliphatic rings. The van der Waals surface area contributed by atoms with Crippen molar-refractivity contribution in [2.45, 2.75) is 57.4 Å². The molecule has 1 amide bonds. The fourth-order valence-electron chi connectivity index (χ4n) is 4.28. The van der Waals surface area contributed by atoms with Crippen LogP contribution in [-0.4, -0.2) is 23.2 Å². The third-order valence-electron chi connectivity index (χ3n) is 5.59. The number of thioether (sulfide) groups is 1. The van der Waals surface area contributed by atoms with Crippen LogP contribution in [0.4, 0.5) is 0 Å². The van der Waals surface area contributed by atoms with Crippen LogP contribution >= 0.6 is 11.8 Å². The Hall–Kier alpha value is -1.03. The van der Waals surface area contributed by atoms with Crippen LogP contribution in [0.25, 0.3) is 0 Å². The molecule has 24 heavy (non-hydrogen) atoms. The number of rotatable bonds is 8. The molecule has 4 heteroatoms. The molecule has 0 radical (unpaired) electrons.